The molecule has 4 atom stereocenters. The van der Waals surface area contributed by atoms with Gasteiger partial charge in [0.15, 0.2) is 4.67 Å². The first-order valence-corrected chi connectivity index (χ1v) is 7.93. The summed E-state index contributed by atoms with van der Waals surface area (Å²) < 4.78 is 6.20. The van der Waals surface area contributed by atoms with Gasteiger partial charge in [0.05, 0.1) is 6.54 Å². The van der Waals surface area contributed by atoms with Crippen molar-refractivity contribution in [3.63, 3.8) is 0 Å². The van der Waals surface area contributed by atoms with Crippen molar-refractivity contribution in [1.29, 1.82) is 0 Å². The molecule has 0 aromatic carbocycles. The van der Waals surface area contributed by atoms with Gasteiger partial charge < -0.3 is 9.32 Å². The third-order valence-corrected chi connectivity index (χ3v) is 5.84. The lowest BCUT2D eigenvalue weighted by atomic mass is 10.0. The van der Waals surface area contributed by atoms with E-state index in [4.69, 9.17) is 4.42 Å². The largest absolute Gasteiger partial charge is 0.452 e. The van der Waals surface area contributed by atoms with Crippen LogP contribution in [0, 0.1) is 29.6 Å². The number of nitrogens with zero attached hydrogens (tertiary/aromatic N) is 1. The summed E-state index contributed by atoms with van der Waals surface area (Å²) in [6, 6.07) is 3.80. The number of amides is 1. The van der Waals surface area contributed by atoms with Crippen molar-refractivity contribution in [1.82, 2.24) is 4.90 Å². The zero-order valence-electron chi connectivity index (χ0n) is 11.0. The molecule has 3 aliphatic carbocycles. The van der Waals surface area contributed by atoms with Crippen LogP contribution in [-0.4, -0.2) is 17.9 Å². The smallest absolute Gasteiger partial charge is 0.226 e. The molecular formula is C15H18BrNO2. The number of furan rings is 1. The second-order valence-electron chi connectivity index (χ2n) is 6.41. The van der Waals surface area contributed by atoms with Crippen LogP contribution < -0.4 is 0 Å². The van der Waals surface area contributed by atoms with Crippen LogP contribution in [0.3, 0.4) is 0 Å². The van der Waals surface area contributed by atoms with E-state index < -0.39 is 0 Å². The Balaban J connectivity index is 1.42. The van der Waals surface area contributed by atoms with E-state index >= 15 is 0 Å². The number of hydrogen-bond acceptors (Lipinski definition) is 2. The molecule has 1 aromatic rings. The van der Waals surface area contributed by atoms with Crippen LogP contribution in [0.2, 0.25) is 0 Å². The lowest BCUT2D eigenvalue weighted by molar-refractivity contribution is -0.133. The van der Waals surface area contributed by atoms with E-state index in [9.17, 15) is 4.79 Å². The van der Waals surface area contributed by atoms with Crippen LogP contribution in [0.1, 0.15) is 25.0 Å². The molecule has 0 N–H and O–H groups in total. The number of rotatable bonds is 3. The van der Waals surface area contributed by atoms with Gasteiger partial charge in [-0.1, -0.05) is 0 Å². The average Bonchev–Trinajstić information content (AvgIpc) is 2.73. The zero-order valence-corrected chi connectivity index (χ0v) is 12.6. The Kier molecular flexibility index (Phi) is 2.60. The summed E-state index contributed by atoms with van der Waals surface area (Å²) in [5.74, 6) is 4.66. The molecule has 3 saturated carbocycles. The van der Waals surface area contributed by atoms with Crippen LogP contribution in [0.4, 0.5) is 0 Å². The Morgan fingerprint density at radius 2 is 2.05 bits per heavy atom. The van der Waals surface area contributed by atoms with Crippen molar-refractivity contribution >= 4 is 21.8 Å². The van der Waals surface area contributed by atoms with Gasteiger partial charge in [-0.2, -0.15) is 0 Å². The van der Waals surface area contributed by atoms with E-state index in [1.54, 1.807) is 0 Å². The quantitative estimate of drug-likeness (QED) is 0.855. The van der Waals surface area contributed by atoms with Gasteiger partial charge in [0.2, 0.25) is 5.91 Å². The fourth-order valence-corrected chi connectivity index (χ4v) is 5.00. The van der Waals surface area contributed by atoms with Gasteiger partial charge in [-0.25, -0.2) is 0 Å². The number of carbonyl (C=O) groups is 1. The van der Waals surface area contributed by atoms with E-state index in [0.29, 0.717) is 18.4 Å². The summed E-state index contributed by atoms with van der Waals surface area (Å²) in [5.41, 5.74) is 0. The molecule has 1 amide bonds. The molecule has 1 heterocycles. The summed E-state index contributed by atoms with van der Waals surface area (Å²) in [7, 11) is 1.90. The topological polar surface area (TPSA) is 33.5 Å². The molecule has 102 valence electrons. The highest BCUT2D eigenvalue weighted by Crippen LogP contribution is 2.69. The Bertz CT molecular complexity index is 510. The van der Waals surface area contributed by atoms with E-state index in [1.165, 1.54) is 19.3 Å². The first-order valence-electron chi connectivity index (χ1n) is 7.14. The lowest BCUT2D eigenvalue weighted by Gasteiger charge is -2.18. The summed E-state index contributed by atoms with van der Waals surface area (Å²) in [4.78, 5) is 14.4. The third-order valence-electron chi connectivity index (χ3n) is 5.42. The lowest BCUT2D eigenvalue weighted by Crippen LogP contribution is -2.29. The molecule has 4 heteroatoms. The van der Waals surface area contributed by atoms with Crippen LogP contribution in [0.15, 0.2) is 21.2 Å². The molecule has 0 saturated heterocycles. The molecule has 3 fully saturated rings. The van der Waals surface area contributed by atoms with Crippen molar-refractivity contribution in [3.8, 4) is 0 Å². The first-order chi connectivity index (χ1) is 9.15. The second-order valence-corrected chi connectivity index (χ2v) is 7.20. The monoisotopic (exact) mass is 323 g/mol. The van der Waals surface area contributed by atoms with Crippen molar-refractivity contribution in [2.24, 2.45) is 29.6 Å². The summed E-state index contributed by atoms with van der Waals surface area (Å²) >= 11 is 3.29. The second kappa shape index (κ2) is 4.11. The van der Waals surface area contributed by atoms with Crippen LogP contribution in [0.25, 0.3) is 0 Å². The molecule has 3 nitrogen and oxygen atoms in total. The average molecular weight is 324 g/mol. The highest BCUT2D eigenvalue weighted by Gasteiger charge is 2.67. The molecule has 0 aliphatic heterocycles. The number of fused-ring (bicyclic) bond motifs is 5. The van der Waals surface area contributed by atoms with Crippen LogP contribution >= 0.6 is 15.9 Å². The Morgan fingerprint density at radius 1 is 1.37 bits per heavy atom. The molecule has 0 spiro atoms. The molecule has 2 bridgehead atoms. The maximum absolute atomic E-state index is 12.5. The molecule has 3 aliphatic rings. The van der Waals surface area contributed by atoms with Crippen molar-refractivity contribution in [3.05, 3.63) is 22.6 Å². The predicted molar refractivity (Wildman–Crippen MR) is 74.2 cm³/mol. The van der Waals surface area contributed by atoms with Crippen molar-refractivity contribution in [2.75, 3.05) is 7.05 Å². The fourth-order valence-electron chi connectivity index (χ4n) is 4.66. The van der Waals surface area contributed by atoms with Gasteiger partial charge in [-0.3, -0.25) is 4.79 Å². The third kappa shape index (κ3) is 1.79. The van der Waals surface area contributed by atoms with Crippen LogP contribution in [-0.2, 0) is 11.3 Å². The van der Waals surface area contributed by atoms with Gasteiger partial charge >= 0.3 is 0 Å². The standard InChI is InChI=1S/C15H18BrNO2/c1-17(7-10-4-5-11(16)19-10)15(18)14-12-8-2-3-9(6-8)13(12)14/h4-5,8-9,12-14H,2-3,6-7H2,1H3. The van der Waals surface area contributed by atoms with Gasteiger partial charge in [0, 0.05) is 13.0 Å². The van der Waals surface area contributed by atoms with Gasteiger partial charge in [0.25, 0.3) is 0 Å². The fraction of sp³-hybridized carbons (Fsp3) is 0.667. The van der Waals surface area contributed by atoms with E-state index in [0.717, 1.165) is 34.1 Å². The number of carbonyl (C=O) groups excluding carboxylic acids is 1. The van der Waals surface area contributed by atoms with Gasteiger partial charge in [-0.05, 0) is 71.0 Å². The minimum absolute atomic E-state index is 0.328. The minimum atomic E-state index is 0.328. The Labute approximate surface area is 121 Å². The van der Waals surface area contributed by atoms with Crippen molar-refractivity contribution in [2.45, 2.75) is 25.8 Å². The summed E-state index contributed by atoms with van der Waals surface area (Å²) in [6.45, 7) is 0.579. The highest BCUT2D eigenvalue weighted by molar-refractivity contribution is 9.10. The maximum atomic E-state index is 12.5. The van der Waals surface area contributed by atoms with Crippen LogP contribution in [0.5, 0.6) is 0 Å². The Morgan fingerprint density at radius 3 is 2.63 bits per heavy atom. The SMILES string of the molecule is CN(Cc1ccc(Br)o1)C(=O)C1C2C3CCC(C3)C12. The van der Waals surface area contributed by atoms with Crippen molar-refractivity contribution < 1.29 is 9.21 Å². The summed E-state index contributed by atoms with van der Waals surface area (Å²) in [6.07, 6.45) is 4.13. The van der Waals surface area contributed by atoms with E-state index in [2.05, 4.69) is 15.9 Å². The highest BCUT2D eigenvalue weighted by atomic mass is 79.9. The number of hydrogen-bond donors (Lipinski definition) is 0. The molecular weight excluding hydrogens is 306 g/mol. The summed E-state index contributed by atoms with van der Waals surface area (Å²) in [5, 5.41) is 0. The normalized spacial score (nSPS) is 38.3. The van der Waals surface area contributed by atoms with Gasteiger partial charge in [0.1, 0.15) is 5.76 Å². The first kappa shape index (κ1) is 12.0. The zero-order chi connectivity index (χ0) is 13.1. The number of halogens is 1. The maximum Gasteiger partial charge on any atom is 0.226 e. The molecule has 4 unspecified atom stereocenters. The van der Waals surface area contributed by atoms with Gasteiger partial charge in [-0.15, -0.1) is 0 Å². The molecule has 1 aromatic heterocycles. The Hall–Kier alpha value is -0.770. The molecule has 4 rings (SSSR count). The van der Waals surface area contributed by atoms with E-state index in [1.807, 2.05) is 24.1 Å². The molecule has 19 heavy (non-hydrogen) atoms. The minimum Gasteiger partial charge on any atom is -0.452 e. The molecule has 0 radical (unpaired) electrons. The van der Waals surface area contributed by atoms with E-state index in [-0.39, 0.29) is 0 Å². The predicted octanol–water partition coefficient (Wildman–Crippen LogP) is 3.29.